The molecule has 5 nitrogen and oxygen atoms in total. The highest BCUT2D eigenvalue weighted by atomic mass is 19.4. The largest absolute Gasteiger partial charge is 0.480 e. The van der Waals surface area contributed by atoms with Gasteiger partial charge in [0.15, 0.2) is 0 Å². The van der Waals surface area contributed by atoms with Gasteiger partial charge in [0.05, 0.1) is 13.4 Å². The van der Waals surface area contributed by atoms with E-state index in [2.05, 4.69) is 4.98 Å². The zero-order valence-electron chi connectivity index (χ0n) is 16.7. The highest BCUT2D eigenvalue weighted by Crippen LogP contribution is 2.38. The monoisotopic (exact) mass is 419 g/mol. The lowest BCUT2D eigenvalue weighted by Gasteiger charge is -2.41. The van der Waals surface area contributed by atoms with E-state index in [1.165, 1.54) is 0 Å². The molecule has 0 saturated carbocycles. The van der Waals surface area contributed by atoms with Crippen molar-refractivity contribution in [2.45, 2.75) is 50.1 Å². The maximum atomic E-state index is 13.3. The molecule has 1 unspecified atom stereocenters. The summed E-state index contributed by atoms with van der Waals surface area (Å²) in [7, 11) is 5.50. The van der Waals surface area contributed by atoms with Gasteiger partial charge in [-0.05, 0) is 37.3 Å². The first kappa shape index (κ1) is 22.4. The zero-order valence-corrected chi connectivity index (χ0v) is 16.7. The van der Waals surface area contributed by atoms with Crippen LogP contribution in [0.3, 0.4) is 0 Å². The molecule has 1 saturated heterocycles. The van der Waals surface area contributed by atoms with E-state index < -0.39 is 23.4 Å². The normalized spacial score (nSPS) is 17.8. The molecule has 160 valence electrons. The molecular formula is C21H25BF3N3O2. The number of carbonyl (C=O) groups is 1. The number of fused-ring (bicyclic) bond motifs is 1. The molecule has 0 bridgehead atoms. The van der Waals surface area contributed by atoms with Crippen molar-refractivity contribution in [2.75, 3.05) is 18.0 Å². The Morgan fingerprint density at radius 2 is 1.90 bits per heavy atom. The van der Waals surface area contributed by atoms with Gasteiger partial charge in [0.1, 0.15) is 11.2 Å². The number of unbranched alkanes of at least 4 members (excludes halogenated alkanes) is 1. The van der Waals surface area contributed by atoms with E-state index in [0.717, 1.165) is 6.07 Å². The van der Waals surface area contributed by atoms with Crippen molar-refractivity contribution in [3.63, 3.8) is 0 Å². The van der Waals surface area contributed by atoms with Crippen molar-refractivity contribution >= 4 is 30.4 Å². The van der Waals surface area contributed by atoms with E-state index in [4.69, 9.17) is 13.6 Å². The number of carboxylic acid groups (broad SMARTS) is 1. The number of halogens is 3. The van der Waals surface area contributed by atoms with Crippen LogP contribution < -0.4 is 10.6 Å². The number of carboxylic acids is 1. The fourth-order valence-corrected chi connectivity index (χ4v) is 4.25. The number of alkyl halides is 3. The molecule has 30 heavy (non-hydrogen) atoms. The Labute approximate surface area is 174 Å². The number of rotatable bonds is 7. The summed E-state index contributed by atoms with van der Waals surface area (Å²) in [5.74, 6) is -1.29. The van der Waals surface area contributed by atoms with Crippen LogP contribution in [0.5, 0.6) is 0 Å². The number of nitrogens with two attached hydrogens (primary N) is 1. The first-order valence-electron chi connectivity index (χ1n) is 10.1. The fourth-order valence-electron chi connectivity index (χ4n) is 4.25. The third-order valence-electron chi connectivity index (χ3n) is 5.99. The van der Waals surface area contributed by atoms with Crippen LogP contribution >= 0.6 is 0 Å². The lowest BCUT2D eigenvalue weighted by molar-refractivity contribution is -0.146. The molecular weight excluding hydrogens is 394 g/mol. The molecule has 3 N–H and O–H groups in total. The van der Waals surface area contributed by atoms with Gasteiger partial charge >= 0.3 is 12.1 Å². The van der Waals surface area contributed by atoms with Crippen LogP contribution in [-0.4, -0.2) is 42.5 Å². The van der Waals surface area contributed by atoms with Gasteiger partial charge in [-0.15, -0.1) is 0 Å². The Kier molecular flexibility index (Phi) is 6.60. The number of aliphatic carboxylic acids is 1. The molecule has 1 fully saturated rings. The first-order valence-corrected chi connectivity index (χ1v) is 10.1. The second-order valence-electron chi connectivity index (χ2n) is 7.89. The molecule has 1 aliphatic heterocycles. The van der Waals surface area contributed by atoms with Crippen LogP contribution in [0.25, 0.3) is 10.9 Å². The number of pyridine rings is 1. The number of nitrogens with zero attached hydrogens (tertiary/aromatic N) is 2. The summed E-state index contributed by atoms with van der Waals surface area (Å²) in [6.45, 7) is 0.859. The predicted molar refractivity (Wildman–Crippen MR) is 111 cm³/mol. The number of hydrogen-bond acceptors (Lipinski definition) is 4. The van der Waals surface area contributed by atoms with Crippen LogP contribution in [0.1, 0.15) is 37.8 Å². The molecule has 2 radical (unpaired) electrons. The van der Waals surface area contributed by atoms with Crippen LogP contribution in [0.2, 0.25) is 6.32 Å². The minimum atomic E-state index is -4.55. The fraction of sp³-hybridized carbons (Fsp3) is 0.524. The second kappa shape index (κ2) is 8.84. The standard InChI is InChI=1S/C21H25BF3N3O2/c22-10-4-3-9-20(26,19(29)30)14-7-11-28(12-8-14)17-13-18(21(23,24)25)27-16-6-2-1-5-15(16)17/h1-2,5-6,13-14H,3-4,7-12,26H2,(H,29,30). The van der Waals surface area contributed by atoms with Crippen molar-refractivity contribution in [2.24, 2.45) is 11.7 Å². The van der Waals surface area contributed by atoms with Crippen LogP contribution in [0, 0.1) is 5.92 Å². The van der Waals surface area contributed by atoms with Crippen molar-refractivity contribution in [1.29, 1.82) is 0 Å². The van der Waals surface area contributed by atoms with Gasteiger partial charge in [-0.1, -0.05) is 37.4 Å². The molecule has 1 aromatic carbocycles. The van der Waals surface area contributed by atoms with E-state index in [1.54, 1.807) is 24.3 Å². The van der Waals surface area contributed by atoms with E-state index in [1.807, 2.05) is 4.90 Å². The minimum absolute atomic E-state index is 0.251. The van der Waals surface area contributed by atoms with Gasteiger partial charge < -0.3 is 15.7 Å². The van der Waals surface area contributed by atoms with E-state index in [-0.39, 0.29) is 11.4 Å². The van der Waals surface area contributed by atoms with E-state index >= 15 is 0 Å². The highest BCUT2D eigenvalue weighted by molar-refractivity contribution is 6.08. The lowest BCUT2D eigenvalue weighted by Crippen LogP contribution is -2.57. The summed E-state index contributed by atoms with van der Waals surface area (Å²) >= 11 is 0. The third-order valence-corrected chi connectivity index (χ3v) is 5.99. The molecule has 1 aromatic heterocycles. The highest BCUT2D eigenvalue weighted by Gasteiger charge is 2.43. The van der Waals surface area contributed by atoms with Crippen LogP contribution in [0.4, 0.5) is 18.9 Å². The van der Waals surface area contributed by atoms with E-state index in [9.17, 15) is 23.1 Å². The molecule has 2 aromatic rings. The van der Waals surface area contributed by atoms with Crippen LogP contribution in [-0.2, 0) is 11.0 Å². The zero-order chi connectivity index (χ0) is 21.9. The van der Waals surface area contributed by atoms with Gasteiger partial charge in [-0.25, -0.2) is 4.98 Å². The molecule has 9 heteroatoms. The Bertz CT molecular complexity index is 901. The summed E-state index contributed by atoms with van der Waals surface area (Å²) in [5, 5.41) is 10.4. The maximum Gasteiger partial charge on any atom is 0.433 e. The number of anilines is 1. The number of aromatic nitrogens is 1. The number of para-hydroxylation sites is 1. The Hall–Kier alpha value is -2.29. The summed E-state index contributed by atoms with van der Waals surface area (Å²) in [4.78, 5) is 17.5. The first-order chi connectivity index (χ1) is 14.2. The van der Waals surface area contributed by atoms with Gasteiger partial charge in [0, 0.05) is 24.2 Å². The quantitative estimate of drug-likeness (QED) is 0.524. The van der Waals surface area contributed by atoms with Gasteiger partial charge in [-0.2, -0.15) is 13.2 Å². The molecule has 3 rings (SSSR count). The van der Waals surface area contributed by atoms with Crippen molar-refractivity contribution < 1.29 is 23.1 Å². The van der Waals surface area contributed by atoms with Crippen LogP contribution in [0.15, 0.2) is 30.3 Å². The topological polar surface area (TPSA) is 79.5 Å². The summed E-state index contributed by atoms with van der Waals surface area (Å²) in [6.07, 6.45) is -1.42. The Morgan fingerprint density at radius 3 is 2.50 bits per heavy atom. The average Bonchev–Trinajstić information content (AvgIpc) is 2.72. The minimum Gasteiger partial charge on any atom is -0.480 e. The lowest BCUT2D eigenvalue weighted by atomic mass is 9.75. The maximum absolute atomic E-state index is 13.3. The summed E-state index contributed by atoms with van der Waals surface area (Å²) < 4.78 is 40.0. The summed E-state index contributed by atoms with van der Waals surface area (Å²) in [5.41, 5.74) is 4.76. The average molecular weight is 419 g/mol. The summed E-state index contributed by atoms with van der Waals surface area (Å²) in [6, 6.07) is 7.81. The molecule has 2 heterocycles. The second-order valence-corrected chi connectivity index (χ2v) is 7.89. The third kappa shape index (κ3) is 4.56. The number of hydrogen-bond donors (Lipinski definition) is 2. The SMILES string of the molecule is [B]CCCCC(N)(C(=O)O)C1CCN(c2cc(C(F)(F)F)nc3ccccc23)CC1. The number of piperidine rings is 1. The van der Waals surface area contributed by atoms with Gasteiger partial charge in [-0.3, -0.25) is 4.79 Å². The molecule has 1 aliphatic rings. The van der Waals surface area contributed by atoms with Crippen molar-refractivity contribution in [3.8, 4) is 0 Å². The Balaban J connectivity index is 1.84. The van der Waals surface area contributed by atoms with Gasteiger partial charge in [0.2, 0.25) is 0 Å². The van der Waals surface area contributed by atoms with Crippen molar-refractivity contribution in [3.05, 3.63) is 36.0 Å². The number of benzene rings is 1. The van der Waals surface area contributed by atoms with Gasteiger partial charge in [0.25, 0.3) is 0 Å². The predicted octanol–water partition coefficient (Wildman–Crippen LogP) is 4.01. The molecule has 0 aliphatic carbocycles. The van der Waals surface area contributed by atoms with Crippen molar-refractivity contribution in [1.82, 2.24) is 4.98 Å². The Morgan fingerprint density at radius 1 is 1.23 bits per heavy atom. The molecule has 0 amide bonds. The van der Waals surface area contributed by atoms with E-state index in [0.29, 0.717) is 62.6 Å². The molecule has 1 atom stereocenters. The molecule has 0 spiro atoms. The smallest absolute Gasteiger partial charge is 0.433 e.